The number of nitrogens with zero attached hydrogens (tertiary/aromatic N) is 1. The minimum atomic E-state index is -0.0795. The van der Waals surface area contributed by atoms with Crippen molar-refractivity contribution >= 4 is 11.7 Å². The summed E-state index contributed by atoms with van der Waals surface area (Å²) >= 11 is 0. The molecule has 4 heteroatoms. The first kappa shape index (κ1) is 12.5. The molecule has 1 aromatic rings. The highest BCUT2D eigenvalue weighted by Crippen LogP contribution is 2.10. The van der Waals surface area contributed by atoms with Gasteiger partial charge >= 0.3 is 6.03 Å². The number of carbonyl (C=O) groups excluding carboxylic acids is 1. The number of rotatable bonds is 4. The molecule has 0 unspecified atom stereocenters. The van der Waals surface area contributed by atoms with Crippen molar-refractivity contribution in [2.75, 3.05) is 26.0 Å². The molecule has 0 bridgehead atoms. The zero-order valence-electron chi connectivity index (χ0n) is 10.1. The van der Waals surface area contributed by atoms with Crippen LogP contribution in [0.2, 0.25) is 0 Å². The lowest BCUT2D eigenvalue weighted by Crippen LogP contribution is -2.30. The van der Waals surface area contributed by atoms with Gasteiger partial charge in [0.05, 0.1) is 0 Å². The van der Waals surface area contributed by atoms with Crippen molar-refractivity contribution in [2.45, 2.75) is 13.5 Å². The highest BCUT2D eigenvalue weighted by molar-refractivity contribution is 5.89. The molecule has 0 spiro atoms. The van der Waals surface area contributed by atoms with Crippen LogP contribution in [0.25, 0.3) is 0 Å². The Labute approximate surface area is 96.6 Å². The number of carbonyl (C=O) groups is 1. The fourth-order valence-electron chi connectivity index (χ4n) is 1.33. The Hall–Kier alpha value is -1.55. The van der Waals surface area contributed by atoms with Crippen molar-refractivity contribution in [1.82, 2.24) is 10.2 Å². The van der Waals surface area contributed by atoms with E-state index in [0.29, 0.717) is 6.54 Å². The molecule has 88 valence electrons. The lowest BCUT2D eigenvalue weighted by molar-refractivity contribution is 0.224. The van der Waals surface area contributed by atoms with Gasteiger partial charge in [-0.05, 0) is 31.7 Å². The topological polar surface area (TPSA) is 44.4 Å². The molecule has 4 nitrogen and oxygen atoms in total. The van der Waals surface area contributed by atoms with Gasteiger partial charge < -0.3 is 15.5 Å². The van der Waals surface area contributed by atoms with Crippen molar-refractivity contribution in [2.24, 2.45) is 0 Å². The summed E-state index contributed by atoms with van der Waals surface area (Å²) in [6, 6.07) is 7.74. The van der Waals surface area contributed by atoms with Gasteiger partial charge in [0, 0.05) is 25.8 Å². The van der Waals surface area contributed by atoms with Crippen molar-refractivity contribution in [3.05, 3.63) is 29.8 Å². The standard InChI is InChI=1S/C12H19N3O/c1-4-15(3)12(16)14-11-7-5-6-10(8-11)9-13-2/h5-8,13H,4,9H2,1-3H3,(H,14,16). The number of hydrogen-bond acceptors (Lipinski definition) is 2. The Kier molecular flexibility index (Phi) is 4.79. The van der Waals surface area contributed by atoms with E-state index >= 15 is 0 Å². The maximum atomic E-state index is 11.6. The minimum absolute atomic E-state index is 0.0795. The molecular formula is C12H19N3O. The fourth-order valence-corrected chi connectivity index (χ4v) is 1.33. The summed E-state index contributed by atoms with van der Waals surface area (Å²) in [7, 11) is 3.67. The van der Waals surface area contributed by atoms with Crippen molar-refractivity contribution in [3.8, 4) is 0 Å². The number of amides is 2. The predicted octanol–water partition coefficient (Wildman–Crippen LogP) is 1.89. The molecule has 0 heterocycles. The normalized spacial score (nSPS) is 9.94. The third kappa shape index (κ3) is 3.55. The molecular weight excluding hydrogens is 202 g/mol. The Morgan fingerprint density at radius 2 is 2.19 bits per heavy atom. The Balaban J connectivity index is 2.66. The first-order valence-electron chi connectivity index (χ1n) is 5.43. The van der Waals surface area contributed by atoms with Crippen LogP contribution in [0.15, 0.2) is 24.3 Å². The van der Waals surface area contributed by atoms with Gasteiger partial charge in [-0.25, -0.2) is 4.79 Å². The van der Waals surface area contributed by atoms with Crippen LogP contribution in [-0.2, 0) is 6.54 Å². The van der Waals surface area contributed by atoms with E-state index in [2.05, 4.69) is 10.6 Å². The second kappa shape index (κ2) is 6.12. The van der Waals surface area contributed by atoms with Crippen LogP contribution >= 0.6 is 0 Å². The average molecular weight is 221 g/mol. The van der Waals surface area contributed by atoms with E-state index in [1.165, 1.54) is 0 Å². The summed E-state index contributed by atoms with van der Waals surface area (Å²) in [5, 5.41) is 5.93. The lowest BCUT2D eigenvalue weighted by atomic mass is 10.2. The van der Waals surface area contributed by atoms with Gasteiger partial charge in [0.25, 0.3) is 0 Å². The predicted molar refractivity (Wildman–Crippen MR) is 66.5 cm³/mol. The molecule has 0 aromatic heterocycles. The molecule has 0 aliphatic rings. The van der Waals surface area contributed by atoms with E-state index in [1.54, 1.807) is 11.9 Å². The summed E-state index contributed by atoms with van der Waals surface area (Å²) in [5.74, 6) is 0. The van der Waals surface area contributed by atoms with Gasteiger partial charge in [-0.15, -0.1) is 0 Å². The molecule has 16 heavy (non-hydrogen) atoms. The van der Waals surface area contributed by atoms with Crippen LogP contribution in [0.1, 0.15) is 12.5 Å². The Morgan fingerprint density at radius 3 is 2.81 bits per heavy atom. The van der Waals surface area contributed by atoms with Crippen LogP contribution in [0, 0.1) is 0 Å². The quantitative estimate of drug-likeness (QED) is 0.815. The van der Waals surface area contributed by atoms with Gasteiger partial charge in [0.1, 0.15) is 0 Å². The lowest BCUT2D eigenvalue weighted by Gasteiger charge is -2.15. The molecule has 0 aliphatic heterocycles. The summed E-state index contributed by atoms with van der Waals surface area (Å²) in [5.41, 5.74) is 1.98. The van der Waals surface area contributed by atoms with E-state index in [9.17, 15) is 4.79 Å². The largest absolute Gasteiger partial charge is 0.328 e. The fraction of sp³-hybridized carbons (Fsp3) is 0.417. The molecule has 1 rings (SSSR count). The molecule has 0 saturated carbocycles. The summed E-state index contributed by atoms with van der Waals surface area (Å²) < 4.78 is 0. The van der Waals surface area contributed by atoms with E-state index in [-0.39, 0.29) is 6.03 Å². The molecule has 0 atom stereocenters. The number of benzene rings is 1. The zero-order chi connectivity index (χ0) is 12.0. The highest BCUT2D eigenvalue weighted by atomic mass is 16.2. The maximum Gasteiger partial charge on any atom is 0.321 e. The van der Waals surface area contributed by atoms with Crippen molar-refractivity contribution in [1.29, 1.82) is 0 Å². The monoisotopic (exact) mass is 221 g/mol. The third-order valence-electron chi connectivity index (χ3n) is 2.38. The molecule has 1 aromatic carbocycles. The van der Waals surface area contributed by atoms with Gasteiger partial charge in [-0.2, -0.15) is 0 Å². The van der Waals surface area contributed by atoms with Crippen LogP contribution in [0.3, 0.4) is 0 Å². The smallest absolute Gasteiger partial charge is 0.321 e. The SMILES string of the molecule is CCN(C)C(=O)Nc1cccc(CNC)c1. The summed E-state index contributed by atoms with van der Waals surface area (Å²) in [6.07, 6.45) is 0. The zero-order valence-corrected chi connectivity index (χ0v) is 10.1. The first-order chi connectivity index (χ1) is 7.67. The van der Waals surface area contributed by atoms with E-state index in [0.717, 1.165) is 17.8 Å². The average Bonchev–Trinajstić information content (AvgIpc) is 2.29. The summed E-state index contributed by atoms with van der Waals surface area (Å²) in [6.45, 7) is 3.44. The highest BCUT2D eigenvalue weighted by Gasteiger charge is 2.06. The van der Waals surface area contributed by atoms with E-state index in [4.69, 9.17) is 0 Å². The molecule has 0 fully saturated rings. The van der Waals surface area contributed by atoms with Gasteiger partial charge in [0.2, 0.25) is 0 Å². The first-order valence-corrected chi connectivity index (χ1v) is 5.43. The number of urea groups is 1. The summed E-state index contributed by atoms with van der Waals surface area (Å²) in [4.78, 5) is 13.2. The number of nitrogens with one attached hydrogen (secondary N) is 2. The van der Waals surface area contributed by atoms with Crippen molar-refractivity contribution in [3.63, 3.8) is 0 Å². The van der Waals surface area contributed by atoms with Crippen LogP contribution in [-0.4, -0.2) is 31.6 Å². The molecule has 0 saturated heterocycles. The Bertz CT molecular complexity index is 352. The maximum absolute atomic E-state index is 11.6. The van der Waals surface area contributed by atoms with E-state index < -0.39 is 0 Å². The van der Waals surface area contributed by atoms with Gasteiger partial charge in [-0.1, -0.05) is 12.1 Å². The third-order valence-corrected chi connectivity index (χ3v) is 2.38. The van der Waals surface area contributed by atoms with E-state index in [1.807, 2.05) is 38.2 Å². The second-order valence-electron chi connectivity index (χ2n) is 3.68. The molecule has 0 radical (unpaired) electrons. The molecule has 2 amide bonds. The number of anilines is 1. The number of hydrogen-bond donors (Lipinski definition) is 2. The van der Waals surface area contributed by atoms with Gasteiger partial charge in [0.15, 0.2) is 0 Å². The van der Waals surface area contributed by atoms with Crippen LogP contribution in [0.4, 0.5) is 10.5 Å². The minimum Gasteiger partial charge on any atom is -0.328 e. The van der Waals surface area contributed by atoms with Crippen LogP contribution in [0.5, 0.6) is 0 Å². The van der Waals surface area contributed by atoms with Crippen molar-refractivity contribution < 1.29 is 4.79 Å². The Morgan fingerprint density at radius 1 is 1.44 bits per heavy atom. The second-order valence-corrected chi connectivity index (χ2v) is 3.68. The van der Waals surface area contributed by atoms with Gasteiger partial charge in [-0.3, -0.25) is 0 Å². The molecule has 0 aliphatic carbocycles. The van der Waals surface area contributed by atoms with Crippen LogP contribution < -0.4 is 10.6 Å². The molecule has 2 N–H and O–H groups in total.